The quantitative estimate of drug-likeness (QED) is 0.299. The van der Waals surface area contributed by atoms with Crippen molar-refractivity contribution in [2.24, 2.45) is 0 Å². The predicted octanol–water partition coefficient (Wildman–Crippen LogP) is 0.142. The molecule has 0 aliphatic carbocycles. The monoisotopic (exact) mass is 446 g/mol. The molecule has 0 amide bonds. The van der Waals surface area contributed by atoms with E-state index in [0.29, 0.717) is 5.56 Å². The Morgan fingerprint density at radius 2 is 1.62 bits per heavy atom. The molecular weight excluding hydrogens is 428 g/mol. The molecule has 0 bridgehead atoms. The van der Waals surface area contributed by atoms with Crippen molar-refractivity contribution >= 4 is 16.9 Å². The molecule has 11 heteroatoms. The summed E-state index contributed by atoms with van der Waals surface area (Å²) in [6.07, 6.45) is -9.56. The third kappa shape index (κ3) is 3.63. The van der Waals surface area contributed by atoms with Crippen molar-refractivity contribution in [1.82, 2.24) is 0 Å². The maximum absolute atomic E-state index is 12.5. The van der Waals surface area contributed by atoms with Gasteiger partial charge in [0.05, 0.1) is 0 Å². The standard InChI is InChI=1S/C21H18O11/c22-9-6-10(8-4-2-1-3-5-8)30-11-7-12(14(23)15(24)13(9)11)31-21-18(27)16(25)17(26)19(32-21)20(28)29/h1-7,16-19,21,23-27H,(H,28,29)/t16-,17-,18+,19-,21?/m0/s1. The number of carbonyl (C=O) groups is 1. The molecule has 0 saturated carbocycles. The Labute approximate surface area is 178 Å². The number of carboxylic acids is 1. The molecular formula is C21H18O11. The second-order valence-corrected chi connectivity index (χ2v) is 7.14. The Bertz CT molecular complexity index is 1220. The molecule has 1 aliphatic heterocycles. The first-order chi connectivity index (χ1) is 15.2. The van der Waals surface area contributed by atoms with E-state index in [1.54, 1.807) is 30.3 Å². The number of phenolic OH excluding ortho intramolecular Hbond substituents is 2. The first-order valence-electron chi connectivity index (χ1n) is 9.36. The second kappa shape index (κ2) is 8.13. The third-order valence-corrected chi connectivity index (χ3v) is 5.05. The molecule has 32 heavy (non-hydrogen) atoms. The Balaban J connectivity index is 1.77. The number of aromatic hydroxyl groups is 2. The van der Waals surface area contributed by atoms with Gasteiger partial charge in [-0.15, -0.1) is 0 Å². The van der Waals surface area contributed by atoms with Crippen molar-refractivity contribution < 1.29 is 49.3 Å². The minimum absolute atomic E-state index is 0.164. The average molecular weight is 446 g/mol. The summed E-state index contributed by atoms with van der Waals surface area (Å²) in [6.45, 7) is 0. The lowest BCUT2D eigenvalue weighted by molar-refractivity contribution is -0.271. The van der Waals surface area contributed by atoms with E-state index in [-0.39, 0.29) is 16.7 Å². The molecule has 4 rings (SSSR count). The summed E-state index contributed by atoms with van der Waals surface area (Å²) in [5, 5.41) is 59.2. The number of hydrogen-bond donors (Lipinski definition) is 6. The van der Waals surface area contributed by atoms with Gasteiger partial charge in [-0.1, -0.05) is 30.3 Å². The lowest BCUT2D eigenvalue weighted by atomic mass is 9.99. The van der Waals surface area contributed by atoms with Gasteiger partial charge in [0.2, 0.25) is 12.0 Å². The normalized spacial score (nSPS) is 25.5. The van der Waals surface area contributed by atoms with E-state index >= 15 is 0 Å². The summed E-state index contributed by atoms with van der Waals surface area (Å²) in [5.74, 6) is -3.76. The topological polar surface area (TPSA) is 187 Å². The number of phenols is 2. The van der Waals surface area contributed by atoms with Crippen LogP contribution in [-0.4, -0.2) is 67.3 Å². The summed E-state index contributed by atoms with van der Waals surface area (Å²) in [4.78, 5) is 23.8. The minimum Gasteiger partial charge on any atom is -0.504 e. The van der Waals surface area contributed by atoms with Gasteiger partial charge in [-0.25, -0.2) is 4.79 Å². The van der Waals surface area contributed by atoms with Crippen LogP contribution in [0.25, 0.3) is 22.3 Å². The summed E-state index contributed by atoms with van der Waals surface area (Å²) in [5.41, 5.74) is -0.265. The van der Waals surface area contributed by atoms with Crippen LogP contribution in [0.5, 0.6) is 17.2 Å². The zero-order valence-corrected chi connectivity index (χ0v) is 16.2. The van der Waals surface area contributed by atoms with Crippen LogP contribution in [0.15, 0.2) is 51.7 Å². The molecule has 0 spiro atoms. The molecule has 168 valence electrons. The highest BCUT2D eigenvalue weighted by molar-refractivity contribution is 5.89. The van der Waals surface area contributed by atoms with Crippen LogP contribution in [0.1, 0.15) is 0 Å². The predicted molar refractivity (Wildman–Crippen MR) is 106 cm³/mol. The molecule has 1 saturated heterocycles. The van der Waals surface area contributed by atoms with Crippen LogP contribution in [0.4, 0.5) is 0 Å². The molecule has 2 heterocycles. The van der Waals surface area contributed by atoms with E-state index in [0.717, 1.165) is 12.1 Å². The number of fused-ring (bicyclic) bond motifs is 1. The first kappa shape index (κ1) is 21.6. The lowest BCUT2D eigenvalue weighted by Gasteiger charge is -2.38. The average Bonchev–Trinajstić information content (AvgIpc) is 2.77. The molecule has 11 nitrogen and oxygen atoms in total. The molecule has 6 N–H and O–H groups in total. The summed E-state index contributed by atoms with van der Waals surface area (Å²) in [6, 6.07) is 10.8. The zero-order chi connectivity index (χ0) is 23.2. The fourth-order valence-corrected chi connectivity index (χ4v) is 3.38. The minimum atomic E-state index is -1.94. The van der Waals surface area contributed by atoms with Gasteiger partial charge in [-0.2, -0.15) is 0 Å². The smallest absolute Gasteiger partial charge is 0.335 e. The first-order valence-corrected chi connectivity index (χ1v) is 9.36. The highest BCUT2D eigenvalue weighted by atomic mass is 16.7. The van der Waals surface area contributed by atoms with Gasteiger partial charge in [0, 0.05) is 17.7 Å². The number of ether oxygens (including phenoxy) is 2. The Kier molecular flexibility index (Phi) is 5.48. The van der Waals surface area contributed by atoms with Crippen molar-refractivity contribution in [3.8, 4) is 28.6 Å². The van der Waals surface area contributed by atoms with E-state index in [1.807, 2.05) is 0 Å². The molecule has 1 aliphatic rings. The Morgan fingerprint density at radius 3 is 2.28 bits per heavy atom. The second-order valence-electron chi connectivity index (χ2n) is 7.14. The van der Waals surface area contributed by atoms with Gasteiger partial charge in [-0.3, -0.25) is 4.79 Å². The highest BCUT2D eigenvalue weighted by Crippen LogP contribution is 2.42. The van der Waals surface area contributed by atoms with Gasteiger partial charge in [0.15, 0.2) is 23.0 Å². The SMILES string of the molecule is O=C(O)[C@H]1OC(Oc2cc3oc(-c4ccccc4)cc(=O)c3c(O)c2O)[C@H](O)[C@@H](O)[C@@H]1O. The van der Waals surface area contributed by atoms with E-state index < -0.39 is 59.4 Å². The van der Waals surface area contributed by atoms with Crippen molar-refractivity contribution in [3.63, 3.8) is 0 Å². The number of carboxylic acid groups (broad SMARTS) is 1. The number of rotatable bonds is 4. The van der Waals surface area contributed by atoms with Crippen LogP contribution in [0.2, 0.25) is 0 Å². The van der Waals surface area contributed by atoms with Gasteiger partial charge in [-0.05, 0) is 0 Å². The molecule has 1 unspecified atom stereocenters. The van der Waals surface area contributed by atoms with Gasteiger partial charge < -0.3 is 44.5 Å². The summed E-state index contributed by atoms with van der Waals surface area (Å²) < 4.78 is 16.0. The molecule has 1 aromatic heterocycles. The van der Waals surface area contributed by atoms with Crippen molar-refractivity contribution in [2.45, 2.75) is 30.7 Å². The number of benzene rings is 2. The summed E-state index contributed by atoms with van der Waals surface area (Å²) in [7, 11) is 0. The van der Waals surface area contributed by atoms with E-state index in [4.69, 9.17) is 19.0 Å². The van der Waals surface area contributed by atoms with Gasteiger partial charge in [0.1, 0.15) is 35.0 Å². The van der Waals surface area contributed by atoms with Crippen LogP contribution >= 0.6 is 0 Å². The van der Waals surface area contributed by atoms with Crippen LogP contribution in [0.3, 0.4) is 0 Å². The molecule has 5 atom stereocenters. The van der Waals surface area contributed by atoms with Crippen molar-refractivity contribution in [3.05, 3.63) is 52.7 Å². The largest absolute Gasteiger partial charge is 0.504 e. The molecule has 3 aromatic rings. The number of hydrogen-bond acceptors (Lipinski definition) is 10. The van der Waals surface area contributed by atoms with Crippen LogP contribution < -0.4 is 10.2 Å². The van der Waals surface area contributed by atoms with Gasteiger partial charge >= 0.3 is 5.97 Å². The lowest BCUT2D eigenvalue weighted by Crippen LogP contribution is -2.61. The van der Waals surface area contributed by atoms with E-state index in [1.165, 1.54) is 0 Å². The van der Waals surface area contributed by atoms with Crippen molar-refractivity contribution in [2.75, 3.05) is 0 Å². The highest BCUT2D eigenvalue weighted by Gasteiger charge is 2.48. The van der Waals surface area contributed by atoms with E-state index in [9.17, 15) is 35.1 Å². The zero-order valence-electron chi connectivity index (χ0n) is 16.2. The third-order valence-electron chi connectivity index (χ3n) is 5.05. The van der Waals surface area contributed by atoms with Crippen LogP contribution in [-0.2, 0) is 9.53 Å². The number of aliphatic hydroxyl groups is 3. The van der Waals surface area contributed by atoms with Gasteiger partial charge in [0.25, 0.3) is 0 Å². The summed E-state index contributed by atoms with van der Waals surface area (Å²) >= 11 is 0. The maximum atomic E-state index is 12.5. The fraction of sp³-hybridized carbons (Fsp3) is 0.238. The number of aliphatic hydroxyl groups excluding tert-OH is 3. The van der Waals surface area contributed by atoms with Crippen molar-refractivity contribution in [1.29, 1.82) is 0 Å². The maximum Gasteiger partial charge on any atom is 0.335 e. The molecule has 2 aromatic carbocycles. The van der Waals surface area contributed by atoms with Crippen LogP contribution in [0, 0.1) is 0 Å². The van der Waals surface area contributed by atoms with E-state index in [2.05, 4.69) is 0 Å². The Hall–Kier alpha value is -3.64. The number of aliphatic carboxylic acids is 1. The molecule has 0 radical (unpaired) electrons. The fourth-order valence-electron chi connectivity index (χ4n) is 3.38. The Morgan fingerprint density at radius 1 is 0.938 bits per heavy atom. The molecule has 1 fully saturated rings.